The molecule has 1 aliphatic heterocycles. The van der Waals surface area contributed by atoms with Crippen molar-refractivity contribution in [1.29, 1.82) is 0 Å². The number of nitrogens with one attached hydrogen (secondary N) is 1. The molecule has 6 heteroatoms. The van der Waals surface area contributed by atoms with Crippen LogP contribution in [0.5, 0.6) is 0 Å². The van der Waals surface area contributed by atoms with E-state index in [1.54, 1.807) is 12.1 Å². The summed E-state index contributed by atoms with van der Waals surface area (Å²) < 4.78 is 32.2. The van der Waals surface area contributed by atoms with Crippen LogP contribution < -0.4 is 9.62 Å². The lowest BCUT2D eigenvalue weighted by atomic mass is 10.1. The predicted molar refractivity (Wildman–Crippen MR) is 82.0 cm³/mol. The quantitative estimate of drug-likeness (QED) is 0.943. The molecule has 21 heavy (non-hydrogen) atoms. The molecule has 5 nitrogen and oxygen atoms in total. The molecule has 0 bridgehead atoms. The van der Waals surface area contributed by atoms with Gasteiger partial charge in [0.05, 0.1) is 17.6 Å². The van der Waals surface area contributed by atoms with E-state index in [1.165, 1.54) is 18.8 Å². The van der Waals surface area contributed by atoms with Crippen LogP contribution in [0.4, 0.5) is 11.4 Å². The van der Waals surface area contributed by atoms with E-state index in [0.717, 1.165) is 31.6 Å². The van der Waals surface area contributed by atoms with Gasteiger partial charge in [-0.1, -0.05) is 12.1 Å². The number of anilines is 2. The standard InChI is InChI=1S/C15H18N2O3S/c18-21(19,15-9-6-12-20-15)16-13-7-2-3-8-14(13)17-10-4-1-5-11-17/h2-3,6-9,12,16H,1,4-5,10-11H2. The first-order valence-electron chi connectivity index (χ1n) is 7.07. The minimum absolute atomic E-state index is 0.0732. The second kappa shape index (κ2) is 5.81. The number of rotatable bonds is 4. The molecule has 112 valence electrons. The van der Waals surface area contributed by atoms with E-state index in [9.17, 15) is 8.42 Å². The van der Waals surface area contributed by atoms with E-state index >= 15 is 0 Å². The Morgan fingerprint density at radius 2 is 1.76 bits per heavy atom. The van der Waals surface area contributed by atoms with Gasteiger partial charge in [0.2, 0.25) is 5.09 Å². The Labute approximate surface area is 124 Å². The summed E-state index contributed by atoms with van der Waals surface area (Å²) >= 11 is 0. The fourth-order valence-corrected chi connectivity index (χ4v) is 3.58. The molecule has 1 N–H and O–H groups in total. The van der Waals surface area contributed by atoms with Crippen molar-refractivity contribution < 1.29 is 12.8 Å². The predicted octanol–water partition coefficient (Wildman–Crippen LogP) is 3.07. The number of hydrogen-bond acceptors (Lipinski definition) is 4. The van der Waals surface area contributed by atoms with Crippen LogP contribution in [0.15, 0.2) is 52.2 Å². The van der Waals surface area contributed by atoms with Crippen LogP contribution in [0.25, 0.3) is 0 Å². The van der Waals surface area contributed by atoms with Gasteiger partial charge in [-0.3, -0.25) is 4.72 Å². The fraction of sp³-hybridized carbons (Fsp3) is 0.333. The normalized spacial score (nSPS) is 15.9. The van der Waals surface area contributed by atoms with Gasteiger partial charge in [-0.05, 0) is 43.5 Å². The molecule has 0 unspecified atom stereocenters. The summed E-state index contributed by atoms with van der Waals surface area (Å²) in [4.78, 5) is 2.23. The van der Waals surface area contributed by atoms with Crippen molar-refractivity contribution in [1.82, 2.24) is 0 Å². The van der Waals surface area contributed by atoms with E-state index in [4.69, 9.17) is 4.42 Å². The zero-order valence-electron chi connectivity index (χ0n) is 11.7. The van der Waals surface area contributed by atoms with Gasteiger partial charge in [-0.15, -0.1) is 0 Å². The van der Waals surface area contributed by atoms with Crippen LogP contribution in [0.1, 0.15) is 19.3 Å². The summed E-state index contributed by atoms with van der Waals surface area (Å²) in [6.45, 7) is 1.92. The fourth-order valence-electron chi connectivity index (χ4n) is 2.58. The molecule has 2 aromatic rings. The van der Waals surface area contributed by atoms with Crippen LogP contribution in [-0.4, -0.2) is 21.5 Å². The third-order valence-electron chi connectivity index (χ3n) is 3.61. The van der Waals surface area contributed by atoms with Crippen LogP contribution in [0, 0.1) is 0 Å². The lowest BCUT2D eigenvalue weighted by Gasteiger charge is -2.30. The Balaban J connectivity index is 1.89. The zero-order valence-corrected chi connectivity index (χ0v) is 12.5. The molecule has 0 atom stereocenters. The minimum atomic E-state index is -3.67. The summed E-state index contributed by atoms with van der Waals surface area (Å²) in [5.74, 6) is 0. The maximum Gasteiger partial charge on any atom is 0.295 e. The third kappa shape index (κ3) is 3.05. The van der Waals surface area contributed by atoms with E-state index < -0.39 is 10.0 Å². The van der Waals surface area contributed by atoms with Crippen molar-refractivity contribution in [3.63, 3.8) is 0 Å². The first-order valence-corrected chi connectivity index (χ1v) is 8.55. The lowest BCUT2D eigenvalue weighted by molar-refractivity contribution is 0.452. The summed E-state index contributed by atoms with van der Waals surface area (Å²) in [6, 6.07) is 10.5. The van der Waals surface area contributed by atoms with Gasteiger partial charge in [0.15, 0.2) is 0 Å². The molecule has 1 saturated heterocycles. The smallest absolute Gasteiger partial charge is 0.295 e. The average Bonchev–Trinajstić information content (AvgIpc) is 3.03. The molecule has 2 heterocycles. The number of hydrogen-bond donors (Lipinski definition) is 1. The number of benzene rings is 1. The lowest BCUT2D eigenvalue weighted by Crippen LogP contribution is -2.30. The molecule has 1 fully saturated rings. The summed E-state index contributed by atoms with van der Waals surface area (Å²) in [5, 5.41) is -0.0732. The Kier molecular flexibility index (Phi) is 3.88. The van der Waals surface area contributed by atoms with Crippen LogP contribution in [0.3, 0.4) is 0 Å². The first-order chi connectivity index (χ1) is 10.2. The van der Waals surface area contributed by atoms with Gasteiger partial charge in [0.1, 0.15) is 0 Å². The van der Waals surface area contributed by atoms with Gasteiger partial charge in [0, 0.05) is 13.1 Å². The topological polar surface area (TPSA) is 62.6 Å². The average molecular weight is 306 g/mol. The van der Waals surface area contributed by atoms with Crippen molar-refractivity contribution in [3.05, 3.63) is 42.7 Å². The summed E-state index contributed by atoms with van der Waals surface area (Å²) in [6.07, 6.45) is 4.86. The maximum atomic E-state index is 12.3. The highest BCUT2D eigenvalue weighted by Crippen LogP contribution is 2.30. The van der Waals surface area contributed by atoms with Gasteiger partial charge in [-0.25, -0.2) is 0 Å². The van der Waals surface area contributed by atoms with Crippen molar-refractivity contribution in [2.24, 2.45) is 0 Å². The van der Waals surface area contributed by atoms with Gasteiger partial charge < -0.3 is 9.32 Å². The van der Waals surface area contributed by atoms with Crippen LogP contribution in [-0.2, 0) is 10.0 Å². The molecule has 0 amide bonds. The molecule has 0 aliphatic carbocycles. The second-order valence-electron chi connectivity index (χ2n) is 5.10. The number of sulfonamides is 1. The van der Waals surface area contributed by atoms with Crippen LogP contribution in [0.2, 0.25) is 0 Å². The summed E-state index contributed by atoms with van der Waals surface area (Å²) in [7, 11) is -3.67. The van der Waals surface area contributed by atoms with Gasteiger partial charge in [-0.2, -0.15) is 8.42 Å². The van der Waals surface area contributed by atoms with Gasteiger partial charge in [0.25, 0.3) is 10.0 Å². The number of para-hydroxylation sites is 2. The molecule has 0 spiro atoms. The summed E-state index contributed by atoms with van der Waals surface area (Å²) in [5.41, 5.74) is 1.52. The van der Waals surface area contributed by atoms with E-state index in [-0.39, 0.29) is 5.09 Å². The molecule has 1 aliphatic rings. The van der Waals surface area contributed by atoms with E-state index in [1.807, 2.05) is 18.2 Å². The maximum absolute atomic E-state index is 12.3. The molecule has 0 radical (unpaired) electrons. The number of piperidine rings is 1. The van der Waals surface area contributed by atoms with Crippen molar-refractivity contribution in [3.8, 4) is 0 Å². The van der Waals surface area contributed by atoms with E-state index in [0.29, 0.717) is 5.69 Å². The molecular weight excluding hydrogens is 288 g/mol. The Morgan fingerprint density at radius 1 is 1.00 bits per heavy atom. The highest BCUT2D eigenvalue weighted by atomic mass is 32.2. The minimum Gasteiger partial charge on any atom is -0.451 e. The SMILES string of the molecule is O=S(=O)(Nc1ccccc1N1CCCCC1)c1ccco1. The molecule has 1 aromatic carbocycles. The number of nitrogens with zero attached hydrogens (tertiary/aromatic N) is 1. The largest absolute Gasteiger partial charge is 0.451 e. The molecular formula is C15H18N2O3S. The van der Waals surface area contributed by atoms with Crippen molar-refractivity contribution in [2.75, 3.05) is 22.7 Å². The zero-order chi connectivity index (χ0) is 14.7. The van der Waals surface area contributed by atoms with Crippen molar-refractivity contribution in [2.45, 2.75) is 24.4 Å². The highest BCUT2D eigenvalue weighted by molar-refractivity contribution is 7.92. The monoisotopic (exact) mass is 306 g/mol. The van der Waals surface area contributed by atoms with Crippen molar-refractivity contribution >= 4 is 21.4 Å². The first kappa shape index (κ1) is 14.0. The highest BCUT2D eigenvalue weighted by Gasteiger charge is 2.21. The Bertz CT molecular complexity index is 689. The van der Waals surface area contributed by atoms with Crippen LogP contribution >= 0.6 is 0 Å². The Hall–Kier alpha value is -1.95. The molecule has 1 aromatic heterocycles. The van der Waals surface area contributed by atoms with E-state index in [2.05, 4.69) is 9.62 Å². The third-order valence-corrected chi connectivity index (χ3v) is 4.86. The second-order valence-corrected chi connectivity index (χ2v) is 6.72. The molecule has 0 saturated carbocycles. The Morgan fingerprint density at radius 3 is 2.48 bits per heavy atom. The number of furan rings is 1. The molecule has 3 rings (SSSR count). The van der Waals surface area contributed by atoms with Gasteiger partial charge >= 0.3 is 0 Å².